The number of imidazole rings is 1. The number of nitrogens with two attached hydrogens (primary N) is 1. The van der Waals surface area contributed by atoms with Crippen LogP contribution in [0.25, 0.3) is 0 Å². The first-order valence-electron chi connectivity index (χ1n) is 5.44. The van der Waals surface area contributed by atoms with Crippen molar-refractivity contribution < 1.29 is 17.9 Å². The lowest BCUT2D eigenvalue weighted by molar-refractivity contribution is -0.137. The molecule has 0 aliphatic heterocycles. The number of aryl methyl sites for hydroxylation is 1. The van der Waals surface area contributed by atoms with Crippen LogP contribution in [-0.2, 0) is 19.8 Å². The zero-order chi connectivity index (χ0) is 14.0. The number of nitrogen functional groups attached to an aromatic ring is 1. The Hall–Kier alpha value is -2.18. The maximum atomic E-state index is 12.5. The van der Waals surface area contributed by atoms with Gasteiger partial charge in [-0.05, 0) is 18.2 Å². The molecule has 0 amide bonds. The highest BCUT2D eigenvalue weighted by Gasteiger charge is 2.30. The lowest BCUT2D eigenvalue weighted by Gasteiger charge is -2.09. The highest BCUT2D eigenvalue weighted by Crippen LogP contribution is 2.31. The summed E-state index contributed by atoms with van der Waals surface area (Å²) in [6.07, 6.45) is -2.72. The maximum absolute atomic E-state index is 12.5. The third-order valence-electron chi connectivity index (χ3n) is 2.51. The summed E-state index contributed by atoms with van der Waals surface area (Å²) >= 11 is 0. The summed E-state index contributed by atoms with van der Waals surface area (Å²) in [6.45, 7) is 0.0619. The van der Waals surface area contributed by atoms with Crippen LogP contribution in [0.15, 0.2) is 30.5 Å². The molecule has 4 nitrogen and oxygen atoms in total. The van der Waals surface area contributed by atoms with E-state index in [-0.39, 0.29) is 12.4 Å². The van der Waals surface area contributed by atoms with E-state index in [0.29, 0.717) is 11.6 Å². The highest BCUT2D eigenvalue weighted by atomic mass is 19.4. The van der Waals surface area contributed by atoms with Crippen molar-refractivity contribution in [1.29, 1.82) is 0 Å². The van der Waals surface area contributed by atoms with Crippen LogP contribution in [-0.4, -0.2) is 9.55 Å². The Morgan fingerprint density at radius 1 is 1.37 bits per heavy atom. The van der Waals surface area contributed by atoms with Gasteiger partial charge in [0.25, 0.3) is 0 Å². The van der Waals surface area contributed by atoms with E-state index in [0.717, 1.165) is 12.1 Å². The minimum absolute atomic E-state index is 0.0619. The first-order valence-corrected chi connectivity index (χ1v) is 5.44. The normalized spacial score (nSPS) is 11.6. The minimum atomic E-state index is -4.38. The summed E-state index contributed by atoms with van der Waals surface area (Å²) in [7, 11) is 1.72. The fourth-order valence-electron chi connectivity index (χ4n) is 1.53. The zero-order valence-corrected chi connectivity index (χ0v) is 10.1. The number of alkyl halides is 3. The summed E-state index contributed by atoms with van der Waals surface area (Å²) in [6, 6.07) is 4.70. The van der Waals surface area contributed by atoms with Crippen LogP contribution >= 0.6 is 0 Å². The van der Waals surface area contributed by atoms with Crippen molar-refractivity contribution >= 4 is 5.95 Å². The molecule has 2 N–H and O–H groups in total. The van der Waals surface area contributed by atoms with Gasteiger partial charge in [-0.1, -0.05) is 6.07 Å². The van der Waals surface area contributed by atoms with Crippen LogP contribution in [0.4, 0.5) is 19.1 Å². The lowest BCUT2D eigenvalue weighted by atomic mass is 10.2. The van der Waals surface area contributed by atoms with Crippen molar-refractivity contribution in [2.45, 2.75) is 12.8 Å². The summed E-state index contributed by atoms with van der Waals surface area (Å²) in [5, 5.41) is 0. The van der Waals surface area contributed by atoms with E-state index in [1.54, 1.807) is 17.8 Å². The van der Waals surface area contributed by atoms with Crippen LogP contribution < -0.4 is 10.5 Å². The molecule has 0 bridgehead atoms. The van der Waals surface area contributed by atoms with E-state index in [4.69, 9.17) is 10.5 Å². The molecule has 102 valence electrons. The molecule has 0 aliphatic rings. The Kier molecular flexibility index (Phi) is 3.37. The van der Waals surface area contributed by atoms with Gasteiger partial charge in [0.15, 0.2) is 5.95 Å². The fraction of sp³-hybridized carbons (Fsp3) is 0.250. The maximum Gasteiger partial charge on any atom is 0.416 e. The summed E-state index contributed by atoms with van der Waals surface area (Å²) < 4.78 is 44.4. The Morgan fingerprint density at radius 3 is 2.68 bits per heavy atom. The van der Waals surface area contributed by atoms with E-state index in [9.17, 15) is 13.2 Å². The van der Waals surface area contributed by atoms with Gasteiger partial charge in [-0.3, -0.25) is 0 Å². The number of halogens is 3. The van der Waals surface area contributed by atoms with Crippen molar-refractivity contribution in [1.82, 2.24) is 9.55 Å². The number of aromatic nitrogens is 2. The van der Waals surface area contributed by atoms with Crippen LogP contribution in [0.5, 0.6) is 5.75 Å². The van der Waals surface area contributed by atoms with Gasteiger partial charge in [0.1, 0.15) is 12.4 Å². The van der Waals surface area contributed by atoms with E-state index < -0.39 is 11.7 Å². The van der Waals surface area contributed by atoms with Crippen LogP contribution in [0, 0.1) is 0 Å². The van der Waals surface area contributed by atoms with Crippen molar-refractivity contribution in [3.8, 4) is 5.75 Å². The number of hydrogen-bond acceptors (Lipinski definition) is 3. The molecule has 0 atom stereocenters. The molecule has 0 spiro atoms. The minimum Gasteiger partial charge on any atom is -0.487 e. The van der Waals surface area contributed by atoms with E-state index in [1.165, 1.54) is 12.1 Å². The summed E-state index contributed by atoms with van der Waals surface area (Å²) in [5.74, 6) is 0.460. The van der Waals surface area contributed by atoms with Gasteiger partial charge in [-0.2, -0.15) is 13.2 Å². The average Bonchev–Trinajstić information content (AvgIpc) is 2.66. The molecule has 7 heteroatoms. The van der Waals surface area contributed by atoms with Crippen LogP contribution in [0.1, 0.15) is 11.3 Å². The summed E-state index contributed by atoms with van der Waals surface area (Å²) in [4.78, 5) is 3.99. The van der Waals surface area contributed by atoms with E-state index in [2.05, 4.69) is 4.98 Å². The number of nitrogens with zero attached hydrogens (tertiary/aromatic N) is 2. The lowest BCUT2D eigenvalue weighted by Crippen LogP contribution is -2.05. The molecule has 2 rings (SSSR count). The molecule has 0 aliphatic carbocycles. The molecule has 0 saturated heterocycles. The SMILES string of the molecule is Cn1cc(COc2cccc(C(F)(F)F)c2)nc1N. The van der Waals surface area contributed by atoms with Crippen LogP contribution in [0.2, 0.25) is 0 Å². The Balaban J connectivity index is 2.07. The molecule has 1 heterocycles. The molecule has 1 aromatic heterocycles. The van der Waals surface area contributed by atoms with Gasteiger partial charge < -0.3 is 15.0 Å². The molecule has 0 unspecified atom stereocenters. The first-order chi connectivity index (χ1) is 8.86. The third kappa shape index (κ3) is 3.18. The van der Waals surface area contributed by atoms with Crippen molar-refractivity contribution in [3.63, 3.8) is 0 Å². The molecule has 0 saturated carbocycles. The van der Waals surface area contributed by atoms with Crippen molar-refractivity contribution in [3.05, 3.63) is 41.7 Å². The fourth-order valence-corrected chi connectivity index (χ4v) is 1.53. The average molecular weight is 271 g/mol. The molecule has 0 fully saturated rings. The zero-order valence-electron chi connectivity index (χ0n) is 10.1. The van der Waals surface area contributed by atoms with Crippen molar-refractivity contribution in [2.24, 2.45) is 7.05 Å². The Morgan fingerprint density at radius 2 is 2.11 bits per heavy atom. The van der Waals surface area contributed by atoms with Gasteiger partial charge in [-0.25, -0.2) is 4.98 Å². The molecular formula is C12H12F3N3O. The predicted octanol–water partition coefficient (Wildman–Crippen LogP) is 2.60. The monoisotopic (exact) mass is 271 g/mol. The van der Waals surface area contributed by atoms with Gasteiger partial charge >= 0.3 is 6.18 Å². The number of anilines is 1. The van der Waals surface area contributed by atoms with Gasteiger partial charge in [-0.15, -0.1) is 0 Å². The Labute approximate surface area is 107 Å². The number of hydrogen-bond donors (Lipinski definition) is 1. The molecule has 2 aromatic rings. The number of benzene rings is 1. The van der Waals surface area contributed by atoms with Crippen molar-refractivity contribution in [2.75, 3.05) is 5.73 Å². The van der Waals surface area contributed by atoms with Gasteiger partial charge in [0, 0.05) is 13.2 Å². The largest absolute Gasteiger partial charge is 0.487 e. The molecular weight excluding hydrogens is 259 g/mol. The third-order valence-corrected chi connectivity index (χ3v) is 2.51. The molecule has 19 heavy (non-hydrogen) atoms. The summed E-state index contributed by atoms with van der Waals surface area (Å²) in [5.41, 5.74) is 5.35. The second-order valence-corrected chi connectivity index (χ2v) is 4.02. The standard InChI is InChI=1S/C12H12F3N3O/c1-18-6-9(17-11(18)16)7-19-10-4-2-3-8(5-10)12(13,14)15/h2-6H,7H2,1H3,(H2,16,17). The second kappa shape index (κ2) is 4.83. The topological polar surface area (TPSA) is 53.1 Å². The number of ether oxygens (including phenoxy) is 1. The Bertz CT molecular complexity index is 558. The number of rotatable bonds is 3. The highest BCUT2D eigenvalue weighted by molar-refractivity contribution is 5.30. The quantitative estimate of drug-likeness (QED) is 0.933. The molecule has 1 aromatic carbocycles. The van der Waals surface area contributed by atoms with Gasteiger partial charge in [0.2, 0.25) is 0 Å². The van der Waals surface area contributed by atoms with E-state index >= 15 is 0 Å². The van der Waals surface area contributed by atoms with E-state index in [1.807, 2.05) is 0 Å². The smallest absolute Gasteiger partial charge is 0.416 e. The van der Waals surface area contributed by atoms with Gasteiger partial charge in [0.05, 0.1) is 11.3 Å². The van der Waals surface area contributed by atoms with Crippen LogP contribution in [0.3, 0.4) is 0 Å². The second-order valence-electron chi connectivity index (χ2n) is 4.02. The predicted molar refractivity (Wildman–Crippen MR) is 63.4 cm³/mol. The first kappa shape index (κ1) is 13.3. The molecule has 0 radical (unpaired) electrons.